The van der Waals surface area contributed by atoms with E-state index in [1.807, 2.05) is 11.8 Å². The van der Waals surface area contributed by atoms with Crippen molar-refractivity contribution in [3.8, 4) is 39.4 Å². The van der Waals surface area contributed by atoms with Crippen molar-refractivity contribution in [1.29, 1.82) is 0 Å². The Kier molecular flexibility index (Phi) is 11.8. The van der Waals surface area contributed by atoms with E-state index >= 15 is 0 Å². The van der Waals surface area contributed by atoms with Crippen molar-refractivity contribution < 1.29 is 4.74 Å². The summed E-state index contributed by atoms with van der Waals surface area (Å²) < 4.78 is 9.70. The van der Waals surface area contributed by atoms with Gasteiger partial charge in [-0.3, -0.25) is 0 Å². The Balaban J connectivity index is 1.03. The first kappa shape index (κ1) is 54.8. The molecule has 0 N–H and O–H groups in total. The van der Waals surface area contributed by atoms with Gasteiger partial charge in [0.05, 0.1) is 33.2 Å². The average Bonchev–Trinajstić information content (AvgIpc) is 1.44. The summed E-state index contributed by atoms with van der Waals surface area (Å²) in [7, 11) is 0. The molecule has 0 fully saturated rings. The number of ether oxygens (including phenoxy) is 1. The minimum atomic E-state index is -0.732. The Bertz CT molecular complexity index is 4710. The zero-order valence-corrected chi connectivity index (χ0v) is 53.6. The lowest BCUT2D eigenvalue weighted by molar-refractivity contribution is 0.428. The van der Waals surface area contributed by atoms with Crippen molar-refractivity contribution in [1.82, 2.24) is 4.57 Å². The van der Waals surface area contributed by atoms with Gasteiger partial charge in [-0.1, -0.05) is 235 Å². The van der Waals surface area contributed by atoms with Crippen molar-refractivity contribution in [3.05, 3.63) is 292 Å². The summed E-state index contributed by atoms with van der Waals surface area (Å²) in [5, 5.41) is 2.68. The normalized spacial score (nSPS) is 18.4. The molecule has 10 aromatic carbocycles. The van der Waals surface area contributed by atoms with Crippen LogP contribution in [0.2, 0.25) is 0 Å². The van der Waals surface area contributed by atoms with Crippen LogP contribution in [0.4, 0.5) is 17.1 Å². The van der Waals surface area contributed by atoms with E-state index < -0.39 is 10.8 Å². The molecule has 3 unspecified atom stereocenters. The maximum Gasteiger partial charge on any atom is 0.132 e. The summed E-state index contributed by atoms with van der Waals surface area (Å²) in [6, 6.07) is 82.1. The molecule has 4 heteroatoms. The van der Waals surface area contributed by atoms with Crippen LogP contribution in [-0.2, 0) is 27.1 Å². The van der Waals surface area contributed by atoms with Gasteiger partial charge in [-0.25, -0.2) is 0 Å². The predicted octanol–water partition coefficient (Wildman–Crippen LogP) is 22.6. The quantitative estimate of drug-likeness (QED) is 0.175. The highest BCUT2D eigenvalue weighted by Crippen LogP contribution is 2.67. The molecule has 3 heterocycles. The molecule has 3 nitrogen and oxygen atoms in total. The van der Waals surface area contributed by atoms with E-state index in [2.05, 4.69) is 323 Å². The molecule has 16 rings (SSSR count). The van der Waals surface area contributed by atoms with Gasteiger partial charge in [0.2, 0.25) is 0 Å². The second-order valence-corrected chi connectivity index (χ2v) is 30.8. The Labute approximate surface area is 524 Å². The number of thioether (sulfide) groups is 1. The second-order valence-electron chi connectivity index (χ2n) is 29.6. The van der Waals surface area contributed by atoms with Gasteiger partial charge in [-0.15, -0.1) is 11.8 Å². The van der Waals surface area contributed by atoms with Crippen LogP contribution in [-0.4, -0.2) is 9.82 Å². The molecule has 0 saturated carbocycles. The maximum atomic E-state index is 7.19. The summed E-state index contributed by atoms with van der Waals surface area (Å²) in [5.74, 6) is 1.92. The third kappa shape index (κ3) is 7.82. The predicted molar refractivity (Wildman–Crippen MR) is 371 cm³/mol. The van der Waals surface area contributed by atoms with Gasteiger partial charge in [0, 0.05) is 49.3 Å². The van der Waals surface area contributed by atoms with Crippen LogP contribution in [0.3, 0.4) is 0 Å². The topological polar surface area (TPSA) is 17.4 Å². The number of aromatic nitrogens is 1. The first-order valence-corrected chi connectivity index (χ1v) is 32.6. The zero-order valence-electron chi connectivity index (χ0n) is 52.8. The summed E-state index contributed by atoms with van der Waals surface area (Å²) in [6.07, 6.45) is 7.66. The van der Waals surface area contributed by atoms with Gasteiger partial charge in [0.1, 0.15) is 11.5 Å². The summed E-state index contributed by atoms with van der Waals surface area (Å²) in [6.45, 7) is 28.2. The first-order valence-electron chi connectivity index (χ1n) is 31.7. The fourth-order valence-corrected chi connectivity index (χ4v) is 17.3. The van der Waals surface area contributed by atoms with E-state index in [1.165, 1.54) is 110 Å². The van der Waals surface area contributed by atoms with Crippen LogP contribution in [0, 0.1) is 11.3 Å². The number of rotatable bonds is 4. The molecule has 11 aromatic rings. The SMILES string of the molecule is CC(C)(C)C1=CC2C(C=C1)Sc1ccc(C(C)(C)C)cc1C21c2ccccc2-c2ccc(N(c3ccc4c(c3)C3(c5cc(C(C)(C)C)ccc5Oc5ccc(C(C)(C)C)cc53)c3ccccc3-4)c3ccccc3-n3c4ccccc4c4ccccc43)cc21. The maximum absolute atomic E-state index is 7.19. The summed E-state index contributed by atoms with van der Waals surface area (Å²) in [5.41, 5.74) is 24.6. The van der Waals surface area contributed by atoms with E-state index in [1.54, 1.807) is 0 Å². The first-order chi connectivity index (χ1) is 42.1. The lowest BCUT2D eigenvalue weighted by Gasteiger charge is -2.49. The van der Waals surface area contributed by atoms with Crippen LogP contribution in [0.5, 0.6) is 11.5 Å². The number of fused-ring (bicyclic) bond motifs is 21. The fourth-order valence-electron chi connectivity index (χ4n) is 15.9. The number of benzene rings is 10. The number of hydrogen-bond donors (Lipinski definition) is 0. The van der Waals surface area contributed by atoms with Crippen LogP contribution in [0.15, 0.2) is 241 Å². The molecule has 0 amide bonds. The van der Waals surface area contributed by atoms with Gasteiger partial charge in [-0.05, 0) is 173 Å². The van der Waals surface area contributed by atoms with Gasteiger partial charge in [0.25, 0.3) is 0 Å². The molecular weight excluding hydrogens is 1090 g/mol. The molecule has 1 aromatic heterocycles. The van der Waals surface area contributed by atoms with Crippen molar-refractivity contribution >= 4 is 50.6 Å². The molecule has 3 aliphatic carbocycles. The molecule has 0 radical (unpaired) electrons. The Morgan fingerprint density at radius 1 is 0.420 bits per heavy atom. The lowest BCUT2D eigenvalue weighted by atomic mass is 9.60. The van der Waals surface area contributed by atoms with Crippen molar-refractivity contribution in [3.63, 3.8) is 0 Å². The minimum absolute atomic E-state index is 0.0460. The van der Waals surface area contributed by atoms with Crippen LogP contribution in [0.1, 0.15) is 139 Å². The lowest BCUT2D eigenvalue weighted by Crippen LogP contribution is -2.44. The molecule has 88 heavy (non-hydrogen) atoms. The van der Waals surface area contributed by atoms with E-state index in [-0.39, 0.29) is 32.8 Å². The molecule has 2 spiro atoms. The smallest absolute Gasteiger partial charge is 0.132 e. The Morgan fingerprint density at radius 3 is 1.51 bits per heavy atom. The molecule has 2 aliphatic heterocycles. The monoisotopic (exact) mass is 1160 g/mol. The largest absolute Gasteiger partial charge is 0.457 e. The number of anilines is 3. The van der Waals surface area contributed by atoms with Crippen LogP contribution < -0.4 is 9.64 Å². The van der Waals surface area contributed by atoms with Gasteiger partial charge >= 0.3 is 0 Å². The highest BCUT2D eigenvalue weighted by molar-refractivity contribution is 8.00. The minimum Gasteiger partial charge on any atom is -0.457 e. The van der Waals surface area contributed by atoms with Gasteiger partial charge in [-0.2, -0.15) is 0 Å². The second kappa shape index (κ2) is 19.0. The molecular formula is C84H76N2OS. The van der Waals surface area contributed by atoms with Crippen molar-refractivity contribution in [2.75, 3.05) is 4.90 Å². The third-order valence-electron chi connectivity index (χ3n) is 20.4. The fraction of sp³-hybridized carbons (Fsp3) is 0.238. The third-order valence-corrected chi connectivity index (χ3v) is 21.7. The van der Waals surface area contributed by atoms with Crippen LogP contribution in [0.25, 0.3) is 49.7 Å². The van der Waals surface area contributed by atoms with E-state index in [9.17, 15) is 0 Å². The zero-order chi connectivity index (χ0) is 60.6. The average molecular weight is 1160 g/mol. The summed E-state index contributed by atoms with van der Waals surface area (Å²) in [4.78, 5) is 3.97. The number of hydrogen-bond acceptors (Lipinski definition) is 3. The number of allylic oxidation sites excluding steroid dienone is 3. The van der Waals surface area contributed by atoms with E-state index in [0.29, 0.717) is 0 Å². The highest BCUT2D eigenvalue weighted by Gasteiger charge is 2.57. The molecule has 0 saturated heterocycles. The Hall–Kier alpha value is -8.57. The van der Waals surface area contributed by atoms with Crippen LogP contribution >= 0.6 is 11.8 Å². The van der Waals surface area contributed by atoms with E-state index in [0.717, 1.165) is 34.2 Å². The summed E-state index contributed by atoms with van der Waals surface area (Å²) >= 11 is 2.05. The molecule has 5 aliphatic rings. The number of nitrogens with zero attached hydrogens (tertiary/aromatic N) is 2. The highest BCUT2D eigenvalue weighted by atomic mass is 32.2. The standard InChI is InChI=1S/C84H76N2OS/c1-79(2,3)51-33-41-75-67(45-51)83(68-46-52(80(4,5)6)34-42-76(68)87-75)63-27-17-13-23-57(63)59-39-37-55(49-65(59)83)85(73-31-21-22-32-74(73)86-71-29-19-15-25-61(71)62-26-16-20-30-72(62)86)56-38-40-60-58-24-14-18-28-64(58)84(66(60)50-56)69-47-53(81(7,8)9)35-43-77(69)88-78-44-36-54(48-70(78)84)82(10,11)12/h13-50,69,77H,1-12H3. The number of para-hydroxylation sites is 4. The molecule has 0 bridgehead atoms. The van der Waals surface area contributed by atoms with Crippen molar-refractivity contribution in [2.45, 2.75) is 120 Å². The molecule has 434 valence electrons. The Morgan fingerprint density at radius 2 is 0.909 bits per heavy atom. The van der Waals surface area contributed by atoms with Crippen molar-refractivity contribution in [2.24, 2.45) is 11.3 Å². The molecule has 3 atom stereocenters. The van der Waals surface area contributed by atoms with E-state index in [4.69, 9.17) is 4.74 Å². The van der Waals surface area contributed by atoms with Gasteiger partial charge < -0.3 is 14.2 Å². The van der Waals surface area contributed by atoms with Gasteiger partial charge in [0.15, 0.2) is 0 Å².